The van der Waals surface area contributed by atoms with Crippen LogP contribution in [0, 0.1) is 0 Å². The molecule has 1 aromatic rings. The van der Waals surface area contributed by atoms with Crippen molar-refractivity contribution in [3.05, 3.63) is 29.3 Å². The SMILES string of the molecule is CN(C)C[C@H]1CCCCN1C(=O)CSc1ccc2c(c1)CCC2. The lowest BCUT2D eigenvalue weighted by atomic mass is 10.0. The molecule has 1 amide bonds. The van der Waals surface area contributed by atoms with Gasteiger partial charge < -0.3 is 9.80 Å². The van der Waals surface area contributed by atoms with Crippen LogP contribution < -0.4 is 0 Å². The molecule has 1 aromatic carbocycles. The van der Waals surface area contributed by atoms with E-state index in [0.29, 0.717) is 17.7 Å². The quantitative estimate of drug-likeness (QED) is 0.774. The molecule has 4 heteroatoms. The Balaban J connectivity index is 1.57. The average molecular weight is 333 g/mol. The van der Waals surface area contributed by atoms with Gasteiger partial charge in [-0.25, -0.2) is 0 Å². The molecule has 23 heavy (non-hydrogen) atoms. The zero-order valence-electron chi connectivity index (χ0n) is 14.4. The molecule has 0 N–H and O–H groups in total. The minimum atomic E-state index is 0.307. The van der Waals surface area contributed by atoms with Crippen molar-refractivity contribution in [2.75, 3.05) is 32.9 Å². The summed E-state index contributed by atoms with van der Waals surface area (Å²) in [6, 6.07) is 7.14. The molecule has 1 aliphatic heterocycles. The first kappa shape index (κ1) is 16.8. The van der Waals surface area contributed by atoms with Gasteiger partial charge in [0, 0.05) is 24.0 Å². The Hall–Kier alpha value is -1.00. The fourth-order valence-corrected chi connectivity index (χ4v) is 4.65. The minimum Gasteiger partial charge on any atom is -0.338 e. The molecule has 0 aromatic heterocycles. The van der Waals surface area contributed by atoms with Gasteiger partial charge in [-0.1, -0.05) is 6.07 Å². The van der Waals surface area contributed by atoms with E-state index in [1.807, 2.05) is 0 Å². The fraction of sp³-hybridized carbons (Fsp3) is 0.632. The van der Waals surface area contributed by atoms with Crippen LogP contribution in [0.1, 0.15) is 36.8 Å². The molecular weight excluding hydrogens is 304 g/mol. The van der Waals surface area contributed by atoms with Gasteiger partial charge in [-0.15, -0.1) is 11.8 Å². The number of thioether (sulfide) groups is 1. The van der Waals surface area contributed by atoms with E-state index in [-0.39, 0.29) is 0 Å². The molecule has 1 saturated heterocycles. The van der Waals surface area contributed by atoms with E-state index in [4.69, 9.17) is 0 Å². The van der Waals surface area contributed by atoms with E-state index in [1.165, 1.54) is 41.7 Å². The first-order valence-electron chi connectivity index (χ1n) is 8.82. The summed E-state index contributed by atoms with van der Waals surface area (Å²) in [6.07, 6.45) is 7.25. The Kier molecular flexibility index (Phi) is 5.65. The largest absolute Gasteiger partial charge is 0.338 e. The fourth-order valence-electron chi connectivity index (χ4n) is 3.81. The molecule has 0 spiro atoms. The second-order valence-corrected chi connectivity index (χ2v) is 8.12. The number of amides is 1. The molecule has 1 fully saturated rings. The molecule has 0 bridgehead atoms. The lowest BCUT2D eigenvalue weighted by Gasteiger charge is -2.37. The van der Waals surface area contributed by atoms with Crippen LogP contribution in [-0.4, -0.2) is 54.7 Å². The molecule has 1 atom stereocenters. The van der Waals surface area contributed by atoms with Gasteiger partial charge >= 0.3 is 0 Å². The van der Waals surface area contributed by atoms with Gasteiger partial charge in [-0.05, 0) is 75.9 Å². The van der Waals surface area contributed by atoms with Crippen molar-refractivity contribution in [3.8, 4) is 0 Å². The van der Waals surface area contributed by atoms with Gasteiger partial charge in [-0.2, -0.15) is 0 Å². The summed E-state index contributed by atoms with van der Waals surface area (Å²) in [4.78, 5) is 18.3. The van der Waals surface area contributed by atoms with E-state index in [9.17, 15) is 4.79 Å². The standard InChI is InChI=1S/C19H28N2OS/c1-20(2)13-17-8-3-4-11-21(17)19(22)14-23-18-10-9-15-6-5-7-16(15)12-18/h9-10,12,17H,3-8,11,13-14H2,1-2H3/t17-/m1/s1. The molecule has 0 radical (unpaired) electrons. The Morgan fingerprint density at radius 2 is 2.04 bits per heavy atom. The number of nitrogens with zero attached hydrogens (tertiary/aromatic N) is 2. The maximum atomic E-state index is 12.7. The van der Waals surface area contributed by atoms with Crippen molar-refractivity contribution < 1.29 is 4.79 Å². The molecule has 1 heterocycles. The van der Waals surface area contributed by atoms with E-state index in [1.54, 1.807) is 11.8 Å². The number of carbonyl (C=O) groups excluding carboxylic acids is 1. The number of likely N-dealkylation sites (N-methyl/N-ethyl adjacent to an activating group) is 1. The summed E-state index contributed by atoms with van der Waals surface area (Å²) >= 11 is 1.70. The van der Waals surface area contributed by atoms with Crippen molar-refractivity contribution in [2.24, 2.45) is 0 Å². The maximum Gasteiger partial charge on any atom is 0.233 e. The van der Waals surface area contributed by atoms with Crippen LogP contribution in [0.5, 0.6) is 0 Å². The Bertz CT molecular complexity index is 558. The number of likely N-dealkylation sites (tertiary alicyclic amines) is 1. The van der Waals surface area contributed by atoms with Gasteiger partial charge in [0.25, 0.3) is 0 Å². The third kappa shape index (κ3) is 4.30. The second-order valence-electron chi connectivity index (χ2n) is 7.07. The van der Waals surface area contributed by atoms with Crippen LogP contribution in [0.15, 0.2) is 23.1 Å². The number of piperidine rings is 1. The molecule has 0 unspecified atom stereocenters. The number of hydrogen-bond acceptors (Lipinski definition) is 3. The third-order valence-electron chi connectivity index (χ3n) is 4.96. The van der Waals surface area contributed by atoms with E-state index >= 15 is 0 Å². The van der Waals surface area contributed by atoms with E-state index in [0.717, 1.165) is 25.9 Å². The maximum absolute atomic E-state index is 12.7. The summed E-state index contributed by atoms with van der Waals surface area (Å²) in [6.45, 7) is 1.91. The highest BCUT2D eigenvalue weighted by Gasteiger charge is 2.26. The van der Waals surface area contributed by atoms with Crippen LogP contribution in [-0.2, 0) is 17.6 Å². The van der Waals surface area contributed by atoms with Gasteiger partial charge in [0.15, 0.2) is 0 Å². The molecule has 3 rings (SSSR count). The van der Waals surface area contributed by atoms with E-state index < -0.39 is 0 Å². The van der Waals surface area contributed by atoms with Crippen molar-refractivity contribution in [2.45, 2.75) is 49.5 Å². The first-order valence-corrected chi connectivity index (χ1v) is 9.81. The topological polar surface area (TPSA) is 23.6 Å². The summed E-state index contributed by atoms with van der Waals surface area (Å²) in [5.74, 6) is 0.880. The smallest absolute Gasteiger partial charge is 0.233 e. The number of fused-ring (bicyclic) bond motifs is 1. The zero-order chi connectivity index (χ0) is 16.2. The Morgan fingerprint density at radius 1 is 1.22 bits per heavy atom. The lowest BCUT2D eigenvalue weighted by molar-refractivity contribution is -0.132. The highest BCUT2D eigenvalue weighted by molar-refractivity contribution is 8.00. The number of carbonyl (C=O) groups is 1. The number of hydrogen-bond donors (Lipinski definition) is 0. The Morgan fingerprint density at radius 3 is 2.87 bits per heavy atom. The number of benzene rings is 1. The summed E-state index contributed by atoms with van der Waals surface area (Å²) < 4.78 is 0. The highest BCUT2D eigenvalue weighted by atomic mass is 32.2. The third-order valence-corrected chi connectivity index (χ3v) is 5.93. The van der Waals surface area contributed by atoms with Crippen LogP contribution >= 0.6 is 11.8 Å². The monoisotopic (exact) mass is 332 g/mol. The van der Waals surface area contributed by atoms with Gasteiger partial charge in [-0.3, -0.25) is 4.79 Å². The Labute approximate surface area is 144 Å². The van der Waals surface area contributed by atoms with E-state index in [2.05, 4.69) is 42.1 Å². The molecule has 126 valence electrons. The van der Waals surface area contributed by atoms with Crippen molar-refractivity contribution in [1.82, 2.24) is 9.80 Å². The molecular formula is C19H28N2OS. The average Bonchev–Trinajstić information content (AvgIpc) is 3.00. The summed E-state index contributed by atoms with van der Waals surface area (Å²) in [5, 5.41) is 0. The van der Waals surface area contributed by atoms with Crippen LogP contribution in [0.2, 0.25) is 0 Å². The number of rotatable bonds is 5. The van der Waals surface area contributed by atoms with Crippen LogP contribution in [0.3, 0.4) is 0 Å². The van der Waals surface area contributed by atoms with Crippen LogP contribution in [0.25, 0.3) is 0 Å². The van der Waals surface area contributed by atoms with Gasteiger partial charge in [0.2, 0.25) is 5.91 Å². The molecule has 1 aliphatic carbocycles. The number of aryl methyl sites for hydroxylation is 2. The predicted molar refractivity (Wildman–Crippen MR) is 97.1 cm³/mol. The second kappa shape index (κ2) is 7.71. The summed E-state index contributed by atoms with van der Waals surface area (Å²) in [5.41, 5.74) is 2.99. The van der Waals surface area contributed by atoms with Gasteiger partial charge in [0.1, 0.15) is 0 Å². The molecule has 0 saturated carbocycles. The van der Waals surface area contributed by atoms with Crippen molar-refractivity contribution in [1.29, 1.82) is 0 Å². The molecule has 3 nitrogen and oxygen atoms in total. The zero-order valence-corrected chi connectivity index (χ0v) is 15.2. The summed E-state index contributed by atoms with van der Waals surface area (Å²) in [7, 11) is 4.19. The predicted octanol–water partition coefficient (Wildman–Crippen LogP) is 3.21. The highest BCUT2D eigenvalue weighted by Crippen LogP contribution is 2.28. The van der Waals surface area contributed by atoms with Crippen molar-refractivity contribution in [3.63, 3.8) is 0 Å². The minimum absolute atomic E-state index is 0.307. The molecule has 2 aliphatic rings. The normalized spacial score (nSPS) is 20.8. The van der Waals surface area contributed by atoms with Crippen molar-refractivity contribution >= 4 is 17.7 Å². The van der Waals surface area contributed by atoms with Crippen LogP contribution in [0.4, 0.5) is 0 Å². The lowest BCUT2D eigenvalue weighted by Crippen LogP contribution is -2.48. The van der Waals surface area contributed by atoms with Gasteiger partial charge in [0.05, 0.1) is 5.75 Å². The first-order chi connectivity index (χ1) is 11.1.